The first kappa shape index (κ1) is 20.3. The molecule has 1 atom stereocenters. The van der Waals surface area contributed by atoms with E-state index in [0.29, 0.717) is 29.2 Å². The van der Waals surface area contributed by atoms with Crippen molar-refractivity contribution in [1.82, 2.24) is 14.5 Å². The van der Waals surface area contributed by atoms with E-state index in [1.807, 2.05) is 25.3 Å². The van der Waals surface area contributed by atoms with Gasteiger partial charge in [0, 0.05) is 19.3 Å². The molecule has 2 heterocycles. The van der Waals surface area contributed by atoms with E-state index in [0.717, 1.165) is 22.6 Å². The summed E-state index contributed by atoms with van der Waals surface area (Å²) in [6, 6.07) is 8.52. The molecule has 3 aromatic rings. The van der Waals surface area contributed by atoms with Gasteiger partial charge in [-0.15, -0.1) is 0 Å². The zero-order chi connectivity index (χ0) is 20.5. The molecule has 8 heteroatoms. The molecule has 0 aliphatic rings. The van der Waals surface area contributed by atoms with Gasteiger partial charge in [0.2, 0.25) is 0 Å². The number of sulfone groups is 1. The maximum absolute atomic E-state index is 12.6. The van der Waals surface area contributed by atoms with Crippen LogP contribution in [-0.4, -0.2) is 35.8 Å². The van der Waals surface area contributed by atoms with Gasteiger partial charge in [-0.05, 0) is 44.9 Å². The number of pyridine rings is 1. The normalized spacial score (nSPS) is 13.1. The monoisotopic (exact) mass is 402 g/mol. The highest BCUT2D eigenvalue weighted by molar-refractivity contribution is 7.91. The second-order valence-corrected chi connectivity index (χ2v) is 9.00. The summed E-state index contributed by atoms with van der Waals surface area (Å²) in [4.78, 5) is 9.37. The molecule has 0 saturated carbocycles. The third kappa shape index (κ3) is 3.74. The number of hydrogen-bond donors (Lipinski definition) is 1. The smallest absolute Gasteiger partial charge is 0.178 e. The molecule has 3 rings (SSSR count). The number of fused-ring (bicyclic) bond motifs is 1. The first-order valence-electron chi connectivity index (χ1n) is 9.19. The molecule has 7 nitrogen and oxygen atoms in total. The largest absolute Gasteiger partial charge is 0.382 e. The number of ether oxygens (including phenoxy) is 1. The SMILES string of the molecule is COC(C)c1nc2c(N)nc(C)c(C)c2n1CCCS(=O)(=O)c1ccccc1. The van der Waals surface area contributed by atoms with E-state index in [9.17, 15) is 8.42 Å². The lowest BCUT2D eigenvalue weighted by molar-refractivity contribution is 0.109. The minimum Gasteiger partial charge on any atom is -0.382 e. The molecule has 1 unspecified atom stereocenters. The molecule has 150 valence electrons. The number of aryl methyl sites for hydroxylation is 3. The van der Waals surface area contributed by atoms with Crippen molar-refractivity contribution >= 4 is 26.7 Å². The molecule has 0 aliphatic carbocycles. The summed E-state index contributed by atoms with van der Waals surface area (Å²) >= 11 is 0. The zero-order valence-electron chi connectivity index (χ0n) is 16.6. The van der Waals surface area contributed by atoms with Crippen LogP contribution in [0, 0.1) is 13.8 Å². The fourth-order valence-corrected chi connectivity index (χ4v) is 4.63. The third-order valence-electron chi connectivity index (χ3n) is 5.04. The molecule has 2 aromatic heterocycles. The molecule has 0 radical (unpaired) electrons. The van der Waals surface area contributed by atoms with Crippen molar-refractivity contribution in [2.45, 2.75) is 44.7 Å². The lowest BCUT2D eigenvalue weighted by Crippen LogP contribution is -2.13. The van der Waals surface area contributed by atoms with Crippen LogP contribution in [0.3, 0.4) is 0 Å². The number of aromatic nitrogens is 3. The summed E-state index contributed by atoms with van der Waals surface area (Å²) in [7, 11) is -1.71. The highest BCUT2D eigenvalue weighted by Crippen LogP contribution is 2.29. The Hall–Kier alpha value is -2.45. The highest BCUT2D eigenvalue weighted by Gasteiger charge is 2.22. The van der Waals surface area contributed by atoms with Crippen LogP contribution in [-0.2, 0) is 21.1 Å². The lowest BCUT2D eigenvalue weighted by Gasteiger charge is -2.15. The number of anilines is 1. The Morgan fingerprint density at radius 2 is 1.86 bits per heavy atom. The number of nitrogens with two attached hydrogens (primary N) is 1. The van der Waals surface area contributed by atoms with E-state index in [2.05, 4.69) is 9.97 Å². The number of nitrogens with zero attached hydrogens (tertiary/aromatic N) is 3. The lowest BCUT2D eigenvalue weighted by atomic mass is 10.2. The Kier molecular flexibility index (Phi) is 5.71. The Morgan fingerprint density at radius 3 is 2.50 bits per heavy atom. The number of rotatable bonds is 7. The van der Waals surface area contributed by atoms with E-state index in [1.54, 1.807) is 37.4 Å². The van der Waals surface area contributed by atoms with Crippen LogP contribution >= 0.6 is 0 Å². The van der Waals surface area contributed by atoms with E-state index >= 15 is 0 Å². The minimum absolute atomic E-state index is 0.0517. The van der Waals surface area contributed by atoms with Crippen molar-refractivity contribution in [3.05, 3.63) is 47.4 Å². The van der Waals surface area contributed by atoms with Gasteiger partial charge in [-0.3, -0.25) is 0 Å². The fraction of sp³-hybridized carbons (Fsp3) is 0.400. The molecule has 0 fully saturated rings. The number of hydrogen-bond acceptors (Lipinski definition) is 6. The summed E-state index contributed by atoms with van der Waals surface area (Å²) in [5.41, 5.74) is 9.44. The summed E-state index contributed by atoms with van der Waals surface area (Å²) in [6.45, 7) is 6.28. The van der Waals surface area contributed by atoms with Gasteiger partial charge in [-0.2, -0.15) is 0 Å². The second-order valence-electron chi connectivity index (χ2n) is 6.89. The van der Waals surface area contributed by atoms with Gasteiger partial charge in [0.15, 0.2) is 15.7 Å². The van der Waals surface area contributed by atoms with Gasteiger partial charge in [-0.25, -0.2) is 18.4 Å². The average Bonchev–Trinajstić information content (AvgIpc) is 3.06. The van der Waals surface area contributed by atoms with Gasteiger partial charge < -0.3 is 15.0 Å². The van der Waals surface area contributed by atoms with Gasteiger partial charge in [0.05, 0.1) is 16.2 Å². The molecule has 0 saturated heterocycles. The molecule has 0 spiro atoms. The number of benzene rings is 1. The van der Waals surface area contributed by atoms with E-state index in [-0.39, 0.29) is 11.9 Å². The molecular formula is C20H26N4O3S. The summed E-state index contributed by atoms with van der Waals surface area (Å²) in [6.07, 6.45) is 0.199. The average molecular weight is 403 g/mol. The van der Waals surface area contributed by atoms with Gasteiger partial charge in [0.1, 0.15) is 17.4 Å². The van der Waals surface area contributed by atoms with Crippen LogP contribution < -0.4 is 5.73 Å². The summed E-state index contributed by atoms with van der Waals surface area (Å²) in [5, 5.41) is 0. The highest BCUT2D eigenvalue weighted by atomic mass is 32.2. The Morgan fingerprint density at radius 1 is 1.18 bits per heavy atom. The predicted octanol–water partition coefficient (Wildman–Crippen LogP) is 3.20. The number of methoxy groups -OCH3 is 1. The second kappa shape index (κ2) is 7.89. The van der Waals surface area contributed by atoms with Crippen LogP contribution in [0.4, 0.5) is 5.82 Å². The topological polar surface area (TPSA) is 100 Å². The fourth-order valence-electron chi connectivity index (χ4n) is 3.32. The first-order chi connectivity index (χ1) is 13.3. The van der Waals surface area contributed by atoms with E-state index in [1.165, 1.54) is 0 Å². The maximum atomic E-state index is 12.6. The molecule has 1 aromatic carbocycles. The Bertz CT molecular complexity index is 1090. The van der Waals surface area contributed by atoms with Crippen molar-refractivity contribution in [2.24, 2.45) is 0 Å². The van der Waals surface area contributed by atoms with Crippen LogP contribution in [0.15, 0.2) is 35.2 Å². The predicted molar refractivity (Wildman–Crippen MR) is 110 cm³/mol. The van der Waals surface area contributed by atoms with Crippen LogP contribution in [0.1, 0.15) is 36.5 Å². The molecule has 2 N–H and O–H groups in total. The van der Waals surface area contributed by atoms with Gasteiger partial charge in [0.25, 0.3) is 0 Å². The first-order valence-corrected chi connectivity index (χ1v) is 10.8. The molecule has 0 bridgehead atoms. The van der Waals surface area contributed by atoms with Crippen molar-refractivity contribution < 1.29 is 13.2 Å². The molecule has 28 heavy (non-hydrogen) atoms. The zero-order valence-corrected chi connectivity index (χ0v) is 17.5. The van der Waals surface area contributed by atoms with Crippen LogP contribution in [0.5, 0.6) is 0 Å². The van der Waals surface area contributed by atoms with Crippen LogP contribution in [0.2, 0.25) is 0 Å². The Labute approximate surface area is 165 Å². The van der Waals surface area contributed by atoms with Gasteiger partial charge >= 0.3 is 0 Å². The maximum Gasteiger partial charge on any atom is 0.178 e. The Balaban J connectivity index is 1.96. The molecule has 0 amide bonds. The summed E-state index contributed by atoms with van der Waals surface area (Å²) in [5.74, 6) is 1.14. The van der Waals surface area contributed by atoms with E-state index < -0.39 is 9.84 Å². The standard InChI is InChI=1S/C20H26N4O3S/c1-13-14(2)22-19(21)17-18(13)24(20(23-17)15(3)27-4)11-8-12-28(25,26)16-9-6-5-7-10-16/h5-7,9-10,15H,8,11-12H2,1-4H3,(H2,21,22). The van der Waals surface area contributed by atoms with Crippen molar-refractivity contribution in [3.8, 4) is 0 Å². The third-order valence-corrected chi connectivity index (χ3v) is 6.86. The van der Waals surface area contributed by atoms with E-state index in [4.69, 9.17) is 10.5 Å². The summed E-state index contributed by atoms with van der Waals surface area (Å²) < 4.78 is 32.7. The van der Waals surface area contributed by atoms with Gasteiger partial charge in [-0.1, -0.05) is 18.2 Å². The van der Waals surface area contributed by atoms with Crippen LogP contribution in [0.25, 0.3) is 11.0 Å². The number of imidazole rings is 1. The minimum atomic E-state index is -3.33. The quantitative estimate of drug-likeness (QED) is 0.651. The van der Waals surface area contributed by atoms with Crippen molar-refractivity contribution in [1.29, 1.82) is 0 Å². The molecule has 0 aliphatic heterocycles. The molecular weight excluding hydrogens is 376 g/mol. The number of nitrogen functional groups attached to an aromatic ring is 1. The van der Waals surface area contributed by atoms with Crippen molar-refractivity contribution in [3.63, 3.8) is 0 Å². The van der Waals surface area contributed by atoms with Crippen molar-refractivity contribution in [2.75, 3.05) is 18.6 Å².